The van der Waals surface area contributed by atoms with E-state index in [1.54, 1.807) is 6.92 Å². The highest BCUT2D eigenvalue weighted by Crippen LogP contribution is 2.33. The summed E-state index contributed by atoms with van der Waals surface area (Å²) in [7, 11) is 0. The molecule has 4 rings (SSSR count). The molecule has 0 fully saturated rings. The zero-order valence-electron chi connectivity index (χ0n) is 19.2. The number of carbonyl (C=O) groups excluding carboxylic acids is 2. The van der Waals surface area contributed by atoms with Crippen LogP contribution in [-0.2, 0) is 22.6 Å². The highest BCUT2D eigenvalue weighted by Gasteiger charge is 2.21. The molecule has 32 heavy (non-hydrogen) atoms. The van der Waals surface area contributed by atoms with Gasteiger partial charge in [-0.2, -0.15) is 0 Å². The van der Waals surface area contributed by atoms with E-state index in [2.05, 4.69) is 58.9 Å². The number of anilines is 1. The molecule has 2 aliphatic rings. The zero-order chi connectivity index (χ0) is 22.5. The van der Waals surface area contributed by atoms with E-state index in [1.807, 2.05) is 6.07 Å². The van der Waals surface area contributed by atoms with Crippen molar-refractivity contribution in [2.24, 2.45) is 0 Å². The number of nitrogens with one attached hydrogen (secondary N) is 2. The molecule has 5 nitrogen and oxygen atoms in total. The average molecular weight is 432 g/mol. The Balaban J connectivity index is 1.44. The molecule has 2 amide bonds. The number of amides is 2. The first kappa shape index (κ1) is 22.3. The van der Waals surface area contributed by atoms with E-state index in [9.17, 15) is 9.59 Å². The van der Waals surface area contributed by atoms with Gasteiger partial charge in [-0.1, -0.05) is 35.9 Å². The first-order valence-corrected chi connectivity index (χ1v) is 11.7. The molecule has 0 bridgehead atoms. The second-order valence-electron chi connectivity index (χ2n) is 8.98. The van der Waals surface area contributed by atoms with Gasteiger partial charge in [0.15, 0.2) is 0 Å². The summed E-state index contributed by atoms with van der Waals surface area (Å²) >= 11 is 0. The smallest absolute Gasteiger partial charge is 0.251 e. The van der Waals surface area contributed by atoms with Crippen LogP contribution in [0.5, 0.6) is 0 Å². The quantitative estimate of drug-likeness (QED) is 0.710. The van der Waals surface area contributed by atoms with Gasteiger partial charge in [-0.05, 0) is 73.4 Å². The first-order chi connectivity index (χ1) is 15.5. The molecule has 0 aromatic heterocycles. The number of aryl methyl sites for hydroxylation is 1. The number of carbonyl (C=O) groups is 2. The van der Waals surface area contributed by atoms with Gasteiger partial charge >= 0.3 is 0 Å². The molecule has 5 heteroatoms. The standard InChI is InChI=1S/C27H33N3O2/c1-19-7-9-21(10-8-19)25-5-3-4-6-26(25)27(32)29-24-12-11-23-18-30(15-13-22(23)17-24)16-14-28-20(2)31/h7-12,17H,3-6,13-16,18H2,1-2H3,(H,28,31)(H,29,32). The van der Waals surface area contributed by atoms with Crippen LogP contribution in [-0.4, -0.2) is 36.3 Å². The third-order valence-corrected chi connectivity index (χ3v) is 6.50. The van der Waals surface area contributed by atoms with Crippen molar-refractivity contribution in [3.05, 3.63) is 70.3 Å². The molecule has 2 N–H and O–H groups in total. The Morgan fingerprint density at radius 1 is 0.969 bits per heavy atom. The van der Waals surface area contributed by atoms with Crippen LogP contribution in [0.25, 0.3) is 5.57 Å². The van der Waals surface area contributed by atoms with E-state index in [-0.39, 0.29) is 11.8 Å². The number of rotatable bonds is 6. The lowest BCUT2D eigenvalue weighted by Gasteiger charge is -2.29. The Hall–Kier alpha value is -2.92. The minimum absolute atomic E-state index is 0.0152. The van der Waals surface area contributed by atoms with Gasteiger partial charge in [-0.3, -0.25) is 14.5 Å². The Kier molecular flexibility index (Phi) is 7.05. The normalized spacial score (nSPS) is 16.4. The van der Waals surface area contributed by atoms with Crippen molar-refractivity contribution in [2.45, 2.75) is 52.5 Å². The van der Waals surface area contributed by atoms with Crippen LogP contribution in [0.2, 0.25) is 0 Å². The average Bonchev–Trinajstić information content (AvgIpc) is 2.79. The molecule has 2 aromatic rings. The molecule has 0 saturated carbocycles. The number of hydrogen-bond donors (Lipinski definition) is 2. The molecule has 1 heterocycles. The summed E-state index contributed by atoms with van der Waals surface area (Å²) in [5.74, 6) is 0.0503. The van der Waals surface area contributed by atoms with Crippen LogP contribution in [0.4, 0.5) is 5.69 Å². The molecule has 0 atom stereocenters. The number of hydrogen-bond acceptors (Lipinski definition) is 3. The Morgan fingerprint density at radius 2 is 1.75 bits per heavy atom. The third-order valence-electron chi connectivity index (χ3n) is 6.50. The minimum atomic E-state index is 0.0152. The fourth-order valence-corrected chi connectivity index (χ4v) is 4.71. The van der Waals surface area contributed by atoms with E-state index >= 15 is 0 Å². The predicted octanol–water partition coefficient (Wildman–Crippen LogP) is 4.46. The van der Waals surface area contributed by atoms with Crippen LogP contribution in [0.1, 0.15) is 54.9 Å². The fourth-order valence-electron chi connectivity index (χ4n) is 4.71. The van der Waals surface area contributed by atoms with Crippen LogP contribution in [0.15, 0.2) is 48.0 Å². The van der Waals surface area contributed by atoms with E-state index in [1.165, 1.54) is 27.8 Å². The molecule has 168 valence electrons. The molecule has 0 radical (unpaired) electrons. The van der Waals surface area contributed by atoms with Gasteiger partial charge in [0, 0.05) is 44.4 Å². The van der Waals surface area contributed by atoms with Crippen LogP contribution < -0.4 is 10.6 Å². The summed E-state index contributed by atoms with van der Waals surface area (Å²) in [5.41, 5.74) is 8.01. The van der Waals surface area contributed by atoms with E-state index in [0.717, 1.165) is 63.0 Å². The largest absolute Gasteiger partial charge is 0.355 e. The van der Waals surface area contributed by atoms with Gasteiger partial charge in [0.2, 0.25) is 5.91 Å². The topological polar surface area (TPSA) is 61.4 Å². The first-order valence-electron chi connectivity index (χ1n) is 11.7. The second kappa shape index (κ2) is 10.1. The second-order valence-corrected chi connectivity index (χ2v) is 8.98. The predicted molar refractivity (Wildman–Crippen MR) is 129 cm³/mol. The molecule has 0 spiro atoms. The maximum atomic E-state index is 13.2. The van der Waals surface area contributed by atoms with Gasteiger partial charge in [-0.25, -0.2) is 0 Å². The monoisotopic (exact) mass is 431 g/mol. The number of nitrogens with zero attached hydrogens (tertiary/aromatic N) is 1. The van der Waals surface area contributed by atoms with Crippen molar-refractivity contribution >= 4 is 23.1 Å². The van der Waals surface area contributed by atoms with Crippen LogP contribution >= 0.6 is 0 Å². The Labute approximate surface area is 190 Å². The third kappa shape index (κ3) is 5.46. The Bertz CT molecular complexity index is 1020. The summed E-state index contributed by atoms with van der Waals surface area (Å²) in [6.45, 7) is 7.02. The van der Waals surface area contributed by atoms with Crippen molar-refractivity contribution < 1.29 is 9.59 Å². The van der Waals surface area contributed by atoms with Crippen molar-refractivity contribution in [2.75, 3.05) is 25.0 Å². The SMILES string of the molecule is CC(=O)NCCN1CCc2cc(NC(=O)C3=C(c4ccc(C)cc4)CCCC3)ccc2C1. The molecular weight excluding hydrogens is 398 g/mol. The zero-order valence-corrected chi connectivity index (χ0v) is 19.2. The fraction of sp³-hybridized carbons (Fsp3) is 0.407. The van der Waals surface area contributed by atoms with Gasteiger partial charge in [0.05, 0.1) is 0 Å². The highest BCUT2D eigenvalue weighted by molar-refractivity contribution is 6.09. The van der Waals surface area contributed by atoms with Crippen LogP contribution in [0.3, 0.4) is 0 Å². The molecule has 0 saturated heterocycles. The van der Waals surface area contributed by atoms with Gasteiger partial charge < -0.3 is 10.6 Å². The molecule has 0 unspecified atom stereocenters. The highest BCUT2D eigenvalue weighted by atomic mass is 16.2. The lowest BCUT2D eigenvalue weighted by molar-refractivity contribution is -0.119. The van der Waals surface area contributed by atoms with Crippen molar-refractivity contribution in [1.82, 2.24) is 10.2 Å². The summed E-state index contributed by atoms with van der Waals surface area (Å²) in [6, 6.07) is 14.8. The molecule has 2 aromatic carbocycles. The van der Waals surface area contributed by atoms with E-state index < -0.39 is 0 Å². The van der Waals surface area contributed by atoms with E-state index in [0.29, 0.717) is 6.54 Å². The van der Waals surface area contributed by atoms with Crippen molar-refractivity contribution in [3.8, 4) is 0 Å². The molecule has 1 aliphatic carbocycles. The van der Waals surface area contributed by atoms with E-state index in [4.69, 9.17) is 0 Å². The van der Waals surface area contributed by atoms with Crippen molar-refractivity contribution in [3.63, 3.8) is 0 Å². The summed E-state index contributed by atoms with van der Waals surface area (Å²) in [5, 5.41) is 6.04. The minimum Gasteiger partial charge on any atom is -0.355 e. The Morgan fingerprint density at radius 3 is 2.53 bits per heavy atom. The maximum absolute atomic E-state index is 13.2. The van der Waals surface area contributed by atoms with Crippen molar-refractivity contribution in [1.29, 1.82) is 0 Å². The van der Waals surface area contributed by atoms with Crippen LogP contribution in [0, 0.1) is 6.92 Å². The maximum Gasteiger partial charge on any atom is 0.251 e. The lowest BCUT2D eigenvalue weighted by Crippen LogP contribution is -2.37. The molecule has 1 aliphatic heterocycles. The summed E-state index contributed by atoms with van der Waals surface area (Å²) < 4.78 is 0. The van der Waals surface area contributed by atoms with Gasteiger partial charge in [-0.15, -0.1) is 0 Å². The summed E-state index contributed by atoms with van der Waals surface area (Å²) in [6.07, 6.45) is 4.96. The summed E-state index contributed by atoms with van der Waals surface area (Å²) in [4.78, 5) is 26.6. The number of allylic oxidation sites excluding steroid dienone is 1. The number of fused-ring (bicyclic) bond motifs is 1. The van der Waals surface area contributed by atoms with Gasteiger partial charge in [0.25, 0.3) is 5.91 Å². The number of benzene rings is 2. The molecular formula is C27H33N3O2. The lowest BCUT2D eigenvalue weighted by atomic mass is 9.86. The van der Waals surface area contributed by atoms with Gasteiger partial charge in [0.1, 0.15) is 0 Å².